The second-order valence-electron chi connectivity index (χ2n) is 6.59. The van der Waals surface area contributed by atoms with E-state index in [-0.39, 0.29) is 18.5 Å². The summed E-state index contributed by atoms with van der Waals surface area (Å²) in [6, 6.07) is 15.0. The molecule has 5 heteroatoms. The van der Waals surface area contributed by atoms with Gasteiger partial charge in [-0.15, -0.1) is 0 Å². The molecule has 1 fully saturated rings. The standard InChI is InChI=1S/C20H20N2O3/c1-25-16-9-4-6-14(12-16)13-22-18(23)20(21-19(22)24)11-5-8-15-7-2-3-10-17(15)20/h2-4,6-7,9-10,12H,5,8,11,13H2,1H3,(H,21,24). The van der Waals surface area contributed by atoms with Gasteiger partial charge in [-0.1, -0.05) is 36.4 Å². The quantitative estimate of drug-likeness (QED) is 0.877. The first-order valence-electron chi connectivity index (χ1n) is 8.49. The summed E-state index contributed by atoms with van der Waals surface area (Å²) in [5.74, 6) is 0.551. The van der Waals surface area contributed by atoms with Crippen molar-refractivity contribution in [3.63, 3.8) is 0 Å². The maximum atomic E-state index is 13.2. The third kappa shape index (κ3) is 2.47. The molecule has 1 heterocycles. The van der Waals surface area contributed by atoms with E-state index in [0.717, 1.165) is 29.5 Å². The fourth-order valence-corrected chi connectivity index (χ4v) is 3.91. The molecule has 0 bridgehead atoms. The summed E-state index contributed by atoms with van der Waals surface area (Å²) in [7, 11) is 1.60. The number of urea groups is 1. The normalized spacial score (nSPS) is 22.0. The average molecular weight is 336 g/mol. The fourth-order valence-electron chi connectivity index (χ4n) is 3.91. The number of imide groups is 1. The smallest absolute Gasteiger partial charge is 0.325 e. The predicted octanol–water partition coefficient (Wildman–Crippen LogP) is 2.98. The number of rotatable bonds is 3. The van der Waals surface area contributed by atoms with Crippen molar-refractivity contribution in [2.75, 3.05) is 7.11 Å². The van der Waals surface area contributed by atoms with Gasteiger partial charge in [-0.25, -0.2) is 4.79 Å². The molecule has 128 valence electrons. The van der Waals surface area contributed by atoms with Crippen LogP contribution >= 0.6 is 0 Å². The van der Waals surface area contributed by atoms with Gasteiger partial charge in [-0.3, -0.25) is 9.69 Å². The summed E-state index contributed by atoms with van der Waals surface area (Å²) in [5, 5.41) is 2.98. The van der Waals surface area contributed by atoms with Crippen LogP contribution in [0.4, 0.5) is 4.79 Å². The zero-order valence-corrected chi connectivity index (χ0v) is 14.1. The van der Waals surface area contributed by atoms with Crippen LogP contribution in [0.5, 0.6) is 5.75 Å². The molecule has 0 radical (unpaired) electrons. The third-order valence-corrected chi connectivity index (χ3v) is 5.13. The lowest BCUT2D eigenvalue weighted by atomic mass is 9.76. The Hall–Kier alpha value is -2.82. The first-order valence-corrected chi connectivity index (χ1v) is 8.49. The van der Waals surface area contributed by atoms with Crippen molar-refractivity contribution in [1.29, 1.82) is 0 Å². The summed E-state index contributed by atoms with van der Waals surface area (Å²) in [6.07, 6.45) is 2.47. The zero-order valence-electron chi connectivity index (χ0n) is 14.1. The van der Waals surface area contributed by atoms with E-state index >= 15 is 0 Å². The molecule has 1 atom stereocenters. The first-order chi connectivity index (χ1) is 12.1. The maximum absolute atomic E-state index is 13.2. The van der Waals surface area contributed by atoms with Crippen LogP contribution in [-0.4, -0.2) is 23.9 Å². The molecule has 25 heavy (non-hydrogen) atoms. The van der Waals surface area contributed by atoms with Crippen LogP contribution < -0.4 is 10.1 Å². The van der Waals surface area contributed by atoms with E-state index in [0.29, 0.717) is 12.2 Å². The van der Waals surface area contributed by atoms with Crippen molar-refractivity contribution < 1.29 is 14.3 Å². The highest BCUT2D eigenvalue weighted by Gasteiger charge is 2.53. The Bertz CT molecular complexity index is 848. The SMILES string of the molecule is COc1cccc(CN2C(=O)NC3(CCCc4ccccc43)C2=O)c1. The molecule has 1 aliphatic carbocycles. The van der Waals surface area contributed by atoms with Crippen molar-refractivity contribution >= 4 is 11.9 Å². The van der Waals surface area contributed by atoms with Gasteiger partial charge in [0, 0.05) is 0 Å². The molecule has 3 amide bonds. The highest BCUT2D eigenvalue weighted by Crippen LogP contribution is 2.40. The van der Waals surface area contributed by atoms with Gasteiger partial charge in [0.05, 0.1) is 13.7 Å². The molecular formula is C20H20N2O3. The Kier molecular flexibility index (Phi) is 3.71. The van der Waals surface area contributed by atoms with Crippen molar-refractivity contribution in [2.24, 2.45) is 0 Å². The Balaban J connectivity index is 1.67. The molecule has 1 aliphatic heterocycles. The number of nitrogens with one attached hydrogen (secondary N) is 1. The fraction of sp³-hybridized carbons (Fsp3) is 0.300. The molecule has 1 saturated heterocycles. The van der Waals surface area contributed by atoms with Gasteiger partial charge < -0.3 is 10.1 Å². The summed E-state index contributed by atoms with van der Waals surface area (Å²) in [6.45, 7) is 0.242. The number of hydrogen-bond acceptors (Lipinski definition) is 3. The molecule has 0 saturated carbocycles. The molecule has 2 aromatic carbocycles. The Morgan fingerprint density at radius 1 is 1.16 bits per heavy atom. The van der Waals surface area contributed by atoms with E-state index in [4.69, 9.17) is 4.74 Å². The van der Waals surface area contributed by atoms with Crippen LogP contribution in [0, 0.1) is 0 Å². The van der Waals surface area contributed by atoms with Crippen LogP contribution in [0.2, 0.25) is 0 Å². The van der Waals surface area contributed by atoms with Crippen LogP contribution in [0.25, 0.3) is 0 Å². The lowest BCUT2D eigenvalue weighted by molar-refractivity contribution is -0.132. The van der Waals surface area contributed by atoms with Crippen molar-refractivity contribution in [3.05, 3.63) is 65.2 Å². The zero-order chi connectivity index (χ0) is 17.4. The van der Waals surface area contributed by atoms with E-state index < -0.39 is 5.54 Å². The highest BCUT2D eigenvalue weighted by atomic mass is 16.5. The number of hydrogen-bond donors (Lipinski definition) is 1. The summed E-state index contributed by atoms with van der Waals surface area (Å²) in [4.78, 5) is 27.1. The lowest BCUT2D eigenvalue weighted by Crippen LogP contribution is -2.46. The predicted molar refractivity (Wildman–Crippen MR) is 93.1 cm³/mol. The minimum atomic E-state index is -0.912. The van der Waals surface area contributed by atoms with Gasteiger partial charge in [0.2, 0.25) is 0 Å². The van der Waals surface area contributed by atoms with Crippen LogP contribution in [0.15, 0.2) is 48.5 Å². The van der Waals surface area contributed by atoms with Crippen LogP contribution in [-0.2, 0) is 23.3 Å². The number of aryl methyl sites for hydroxylation is 1. The molecule has 5 nitrogen and oxygen atoms in total. The average Bonchev–Trinajstić information content (AvgIpc) is 2.87. The number of carbonyl (C=O) groups is 2. The molecule has 1 unspecified atom stereocenters. The van der Waals surface area contributed by atoms with E-state index in [1.807, 2.05) is 48.5 Å². The van der Waals surface area contributed by atoms with Gasteiger partial charge in [-0.2, -0.15) is 0 Å². The van der Waals surface area contributed by atoms with Gasteiger partial charge >= 0.3 is 6.03 Å². The van der Waals surface area contributed by atoms with Gasteiger partial charge in [0.1, 0.15) is 11.3 Å². The second-order valence-corrected chi connectivity index (χ2v) is 6.59. The van der Waals surface area contributed by atoms with E-state index in [9.17, 15) is 9.59 Å². The maximum Gasteiger partial charge on any atom is 0.325 e. The van der Waals surface area contributed by atoms with E-state index in [2.05, 4.69) is 5.32 Å². The van der Waals surface area contributed by atoms with Crippen molar-refractivity contribution in [2.45, 2.75) is 31.3 Å². The molecule has 1 spiro atoms. The highest BCUT2D eigenvalue weighted by molar-refractivity contribution is 6.07. The van der Waals surface area contributed by atoms with Crippen LogP contribution in [0.1, 0.15) is 29.5 Å². The summed E-state index contributed by atoms with van der Waals surface area (Å²) in [5.41, 5.74) is 2.03. The van der Waals surface area contributed by atoms with Crippen molar-refractivity contribution in [1.82, 2.24) is 10.2 Å². The Morgan fingerprint density at radius 3 is 2.84 bits per heavy atom. The van der Waals surface area contributed by atoms with Gasteiger partial charge in [-0.05, 0) is 48.1 Å². The monoisotopic (exact) mass is 336 g/mol. The number of ether oxygens (including phenoxy) is 1. The van der Waals surface area contributed by atoms with Crippen molar-refractivity contribution in [3.8, 4) is 5.75 Å². The molecule has 0 aromatic heterocycles. The number of methoxy groups -OCH3 is 1. The molecule has 2 aliphatic rings. The molecule has 1 N–H and O–H groups in total. The number of benzene rings is 2. The van der Waals surface area contributed by atoms with Crippen LogP contribution in [0.3, 0.4) is 0 Å². The Morgan fingerprint density at radius 2 is 2.00 bits per heavy atom. The molecular weight excluding hydrogens is 316 g/mol. The minimum absolute atomic E-state index is 0.160. The number of carbonyl (C=O) groups excluding carboxylic acids is 2. The third-order valence-electron chi connectivity index (χ3n) is 5.13. The van der Waals surface area contributed by atoms with Gasteiger partial charge in [0.25, 0.3) is 5.91 Å². The van der Waals surface area contributed by atoms with E-state index in [1.165, 1.54) is 4.90 Å². The van der Waals surface area contributed by atoms with Gasteiger partial charge in [0.15, 0.2) is 0 Å². The Labute approximate surface area is 146 Å². The number of nitrogens with zero attached hydrogens (tertiary/aromatic N) is 1. The van der Waals surface area contributed by atoms with E-state index in [1.54, 1.807) is 7.11 Å². The molecule has 4 rings (SSSR count). The lowest BCUT2D eigenvalue weighted by Gasteiger charge is -2.33. The number of fused-ring (bicyclic) bond motifs is 2. The summed E-state index contributed by atoms with van der Waals surface area (Å²) >= 11 is 0. The topological polar surface area (TPSA) is 58.6 Å². The largest absolute Gasteiger partial charge is 0.497 e. The first kappa shape index (κ1) is 15.7. The number of amides is 3. The summed E-state index contributed by atoms with van der Waals surface area (Å²) < 4.78 is 5.23. The minimum Gasteiger partial charge on any atom is -0.497 e. The molecule has 2 aromatic rings. The second kappa shape index (κ2) is 5.92.